The van der Waals surface area contributed by atoms with Crippen molar-refractivity contribution in [2.45, 2.75) is 0 Å². The molecule has 0 aliphatic heterocycles. The lowest BCUT2D eigenvalue weighted by molar-refractivity contribution is 0.907. The predicted octanol–water partition coefficient (Wildman–Crippen LogP) is 3.91. The fraction of sp³-hybridized carbons (Fsp3) is 0.0667. The van der Waals surface area contributed by atoms with Crippen LogP contribution in [0.25, 0.3) is 22.0 Å². The Morgan fingerprint density at radius 1 is 1.15 bits per heavy atom. The van der Waals surface area contributed by atoms with Crippen LogP contribution in [0.4, 0.5) is 0 Å². The molecule has 0 radical (unpaired) electrons. The van der Waals surface area contributed by atoms with E-state index in [2.05, 4.69) is 4.98 Å². The molecule has 0 aliphatic carbocycles. The van der Waals surface area contributed by atoms with E-state index in [4.69, 9.17) is 23.2 Å². The quantitative estimate of drug-likeness (QED) is 0.683. The topological polar surface area (TPSA) is 34.9 Å². The molecule has 3 rings (SSSR count). The molecule has 0 saturated carbocycles. The van der Waals surface area contributed by atoms with Crippen LogP contribution < -0.4 is 5.56 Å². The molecular weight excluding hydrogens is 295 g/mol. The number of pyridine rings is 2. The van der Waals surface area contributed by atoms with E-state index in [1.807, 2.05) is 0 Å². The van der Waals surface area contributed by atoms with Gasteiger partial charge in [-0.3, -0.25) is 9.78 Å². The van der Waals surface area contributed by atoms with Crippen LogP contribution in [0.15, 0.2) is 47.5 Å². The maximum atomic E-state index is 12.5. The van der Waals surface area contributed by atoms with Crippen LogP contribution in [0.2, 0.25) is 10.0 Å². The van der Waals surface area contributed by atoms with Gasteiger partial charge in [0.15, 0.2) is 0 Å². The van der Waals surface area contributed by atoms with Crippen LogP contribution in [-0.4, -0.2) is 9.55 Å². The first-order valence-electron chi connectivity index (χ1n) is 5.97. The SMILES string of the molecule is Cn1c(=O)c(-c2c(Cl)cccc2Cl)cc2cnccc21. The number of benzene rings is 1. The van der Waals surface area contributed by atoms with Gasteiger partial charge in [-0.05, 0) is 24.3 Å². The average Bonchev–Trinajstić information content (AvgIpc) is 2.44. The minimum atomic E-state index is -0.140. The summed E-state index contributed by atoms with van der Waals surface area (Å²) in [6.45, 7) is 0. The van der Waals surface area contributed by atoms with Gasteiger partial charge in [0.05, 0.1) is 21.1 Å². The van der Waals surface area contributed by atoms with E-state index in [1.165, 1.54) is 0 Å². The van der Waals surface area contributed by atoms with Crippen molar-refractivity contribution in [2.24, 2.45) is 7.05 Å². The molecule has 2 heterocycles. The zero-order valence-corrected chi connectivity index (χ0v) is 12.1. The zero-order chi connectivity index (χ0) is 14.3. The minimum Gasteiger partial charge on any atom is -0.311 e. The van der Waals surface area contributed by atoms with Crippen LogP contribution in [-0.2, 0) is 7.05 Å². The molecule has 0 aliphatic rings. The smallest absolute Gasteiger partial charge is 0.258 e. The Kier molecular flexibility index (Phi) is 3.24. The highest BCUT2D eigenvalue weighted by Gasteiger charge is 2.14. The van der Waals surface area contributed by atoms with Crippen LogP contribution in [0, 0.1) is 0 Å². The van der Waals surface area contributed by atoms with Gasteiger partial charge < -0.3 is 4.57 Å². The molecule has 1 aromatic carbocycles. The Hall–Kier alpha value is -1.84. The summed E-state index contributed by atoms with van der Waals surface area (Å²) in [6, 6.07) is 8.76. The number of hydrogen-bond acceptors (Lipinski definition) is 2. The number of halogens is 2. The monoisotopic (exact) mass is 304 g/mol. The third kappa shape index (κ3) is 1.99. The van der Waals surface area contributed by atoms with Crippen molar-refractivity contribution in [3.05, 3.63) is 63.1 Å². The highest BCUT2D eigenvalue weighted by atomic mass is 35.5. The molecule has 0 bridgehead atoms. The van der Waals surface area contributed by atoms with Crippen LogP contribution in [0.1, 0.15) is 0 Å². The third-order valence-electron chi connectivity index (χ3n) is 3.26. The van der Waals surface area contributed by atoms with Gasteiger partial charge in [0.2, 0.25) is 0 Å². The third-order valence-corrected chi connectivity index (χ3v) is 3.89. The molecule has 0 spiro atoms. The van der Waals surface area contributed by atoms with Crippen molar-refractivity contribution < 1.29 is 0 Å². The number of hydrogen-bond donors (Lipinski definition) is 0. The average molecular weight is 305 g/mol. The van der Waals surface area contributed by atoms with Crippen LogP contribution in [0.5, 0.6) is 0 Å². The van der Waals surface area contributed by atoms with Gasteiger partial charge in [-0.1, -0.05) is 29.3 Å². The lowest BCUT2D eigenvalue weighted by Gasteiger charge is -2.11. The molecule has 3 aromatic rings. The van der Waals surface area contributed by atoms with Crippen molar-refractivity contribution in [2.75, 3.05) is 0 Å². The number of fused-ring (bicyclic) bond motifs is 1. The van der Waals surface area contributed by atoms with Gasteiger partial charge in [-0.15, -0.1) is 0 Å². The number of rotatable bonds is 1. The lowest BCUT2D eigenvalue weighted by atomic mass is 10.1. The van der Waals surface area contributed by atoms with E-state index in [0.717, 1.165) is 10.9 Å². The molecular formula is C15H10Cl2N2O. The number of aromatic nitrogens is 2. The van der Waals surface area contributed by atoms with E-state index in [9.17, 15) is 4.79 Å². The molecule has 0 unspecified atom stereocenters. The molecule has 3 nitrogen and oxygen atoms in total. The molecule has 5 heteroatoms. The minimum absolute atomic E-state index is 0.140. The fourth-order valence-corrected chi connectivity index (χ4v) is 2.86. The molecule has 100 valence electrons. The highest BCUT2D eigenvalue weighted by Crippen LogP contribution is 2.33. The maximum absolute atomic E-state index is 12.5. The van der Waals surface area contributed by atoms with E-state index in [1.54, 1.807) is 54.3 Å². The summed E-state index contributed by atoms with van der Waals surface area (Å²) < 4.78 is 1.58. The van der Waals surface area contributed by atoms with Crippen LogP contribution >= 0.6 is 23.2 Å². The summed E-state index contributed by atoms with van der Waals surface area (Å²) in [5.41, 5.74) is 1.71. The van der Waals surface area contributed by atoms with E-state index in [0.29, 0.717) is 21.2 Å². The van der Waals surface area contributed by atoms with E-state index < -0.39 is 0 Å². The fourth-order valence-electron chi connectivity index (χ4n) is 2.26. The maximum Gasteiger partial charge on any atom is 0.258 e. The normalized spacial score (nSPS) is 10.9. The first-order valence-corrected chi connectivity index (χ1v) is 6.73. The Labute approximate surface area is 125 Å². The summed E-state index contributed by atoms with van der Waals surface area (Å²) in [7, 11) is 1.72. The predicted molar refractivity (Wildman–Crippen MR) is 82.4 cm³/mol. The molecule has 0 fully saturated rings. The molecule has 0 N–H and O–H groups in total. The van der Waals surface area contributed by atoms with Gasteiger partial charge in [0.25, 0.3) is 5.56 Å². The van der Waals surface area contributed by atoms with E-state index in [-0.39, 0.29) is 5.56 Å². The first-order chi connectivity index (χ1) is 9.59. The Morgan fingerprint density at radius 3 is 2.55 bits per heavy atom. The highest BCUT2D eigenvalue weighted by molar-refractivity contribution is 6.39. The van der Waals surface area contributed by atoms with E-state index >= 15 is 0 Å². The second-order valence-electron chi connectivity index (χ2n) is 4.45. The van der Waals surface area contributed by atoms with Crippen molar-refractivity contribution in [3.63, 3.8) is 0 Å². The Bertz CT molecular complexity index is 851. The second-order valence-corrected chi connectivity index (χ2v) is 5.27. The summed E-state index contributed by atoms with van der Waals surface area (Å²) in [6.07, 6.45) is 3.37. The summed E-state index contributed by atoms with van der Waals surface area (Å²) in [5.74, 6) is 0. The Morgan fingerprint density at radius 2 is 1.85 bits per heavy atom. The molecule has 20 heavy (non-hydrogen) atoms. The Balaban J connectivity index is 2.44. The largest absolute Gasteiger partial charge is 0.311 e. The van der Waals surface area contributed by atoms with Crippen molar-refractivity contribution >= 4 is 34.1 Å². The molecule has 2 aromatic heterocycles. The molecule has 0 atom stereocenters. The van der Waals surface area contributed by atoms with Gasteiger partial charge in [0.1, 0.15) is 0 Å². The van der Waals surface area contributed by atoms with Crippen molar-refractivity contribution in [1.29, 1.82) is 0 Å². The second kappa shape index (κ2) is 4.93. The number of nitrogens with zero attached hydrogens (tertiary/aromatic N) is 2. The molecule has 0 amide bonds. The summed E-state index contributed by atoms with van der Waals surface area (Å²) in [4.78, 5) is 16.6. The lowest BCUT2D eigenvalue weighted by Crippen LogP contribution is -2.19. The standard InChI is InChI=1S/C15H10Cl2N2O/c1-19-13-5-6-18-8-9(13)7-10(15(19)20)14-11(16)3-2-4-12(14)17/h2-8H,1H3. The van der Waals surface area contributed by atoms with Crippen LogP contribution in [0.3, 0.4) is 0 Å². The zero-order valence-electron chi connectivity index (χ0n) is 10.6. The number of aryl methyl sites for hydroxylation is 1. The summed E-state index contributed by atoms with van der Waals surface area (Å²) >= 11 is 12.4. The summed E-state index contributed by atoms with van der Waals surface area (Å²) in [5, 5.41) is 1.77. The van der Waals surface area contributed by atoms with Gasteiger partial charge >= 0.3 is 0 Å². The van der Waals surface area contributed by atoms with Gasteiger partial charge in [0, 0.05) is 30.4 Å². The van der Waals surface area contributed by atoms with Crippen molar-refractivity contribution in [3.8, 4) is 11.1 Å². The van der Waals surface area contributed by atoms with Gasteiger partial charge in [-0.25, -0.2) is 0 Å². The first kappa shape index (κ1) is 13.2. The van der Waals surface area contributed by atoms with Crippen molar-refractivity contribution in [1.82, 2.24) is 9.55 Å². The molecule has 0 saturated heterocycles. The van der Waals surface area contributed by atoms with Gasteiger partial charge in [-0.2, -0.15) is 0 Å².